The van der Waals surface area contributed by atoms with Gasteiger partial charge in [-0.05, 0) is 50.0 Å². The Morgan fingerprint density at radius 2 is 2.35 bits per heavy atom. The summed E-state index contributed by atoms with van der Waals surface area (Å²) in [4.78, 5) is 11.9. The predicted octanol–water partition coefficient (Wildman–Crippen LogP) is 3.05. The normalized spacial score (nSPS) is 20.2. The van der Waals surface area contributed by atoms with Gasteiger partial charge in [0.1, 0.15) is 5.82 Å². The van der Waals surface area contributed by atoms with Gasteiger partial charge in [-0.3, -0.25) is 4.79 Å². The summed E-state index contributed by atoms with van der Waals surface area (Å²) >= 11 is 5.58. The molecule has 92 valence electrons. The van der Waals surface area contributed by atoms with E-state index in [1.165, 1.54) is 12.1 Å². The highest BCUT2D eigenvalue weighted by atomic mass is 35.5. The number of piperidine rings is 1. The summed E-state index contributed by atoms with van der Waals surface area (Å²) in [5.41, 5.74) is 0.414. The summed E-state index contributed by atoms with van der Waals surface area (Å²) in [5.74, 6) is -0.163. The van der Waals surface area contributed by atoms with Crippen LogP contribution >= 0.6 is 11.6 Å². The van der Waals surface area contributed by atoms with E-state index < -0.39 is 5.82 Å². The molecule has 1 aromatic carbocycles. The van der Waals surface area contributed by atoms with Crippen molar-refractivity contribution in [2.45, 2.75) is 19.3 Å². The van der Waals surface area contributed by atoms with Crippen LogP contribution in [-0.2, 0) is 0 Å². The topological polar surface area (TPSA) is 29.1 Å². The minimum absolute atomic E-state index is 0.00531. The molecule has 1 aliphatic rings. The van der Waals surface area contributed by atoms with Crippen LogP contribution in [0.3, 0.4) is 0 Å². The highest BCUT2D eigenvalue weighted by Gasteiger charge is 2.18. The second-order valence-corrected chi connectivity index (χ2v) is 4.88. The number of rotatable bonds is 3. The highest BCUT2D eigenvalue weighted by Crippen LogP contribution is 2.20. The van der Waals surface area contributed by atoms with Gasteiger partial charge in [0.05, 0.1) is 5.02 Å². The molecule has 1 unspecified atom stereocenters. The minimum atomic E-state index is -0.528. The number of ketones is 1. The maximum Gasteiger partial charge on any atom is 0.163 e. The predicted molar refractivity (Wildman–Crippen MR) is 66.0 cm³/mol. The van der Waals surface area contributed by atoms with Crippen LogP contribution in [0.5, 0.6) is 0 Å². The lowest BCUT2D eigenvalue weighted by atomic mass is 9.92. The molecular weight excluding hydrogens is 241 g/mol. The first-order valence-electron chi connectivity index (χ1n) is 5.86. The van der Waals surface area contributed by atoms with Gasteiger partial charge in [0.25, 0.3) is 0 Å². The zero-order chi connectivity index (χ0) is 12.3. The van der Waals surface area contributed by atoms with E-state index >= 15 is 0 Å². The number of Topliss-reactive ketones (excluding diaryl/α,β-unsaturated/α-hetero) is 1. The second kappa shape index (κ2) is 5.61. The lowest BCUT2D eigenvalue weighted by Gasteiger charge is -2.21. The summed E-state index contributed by atoms with van der Waals surface area (Å²) in [6.07, 6.45) is 2.65. The molecule has 1 aromatic rings. The zero-order valence-corrected chi connectivity index (χ0v) is 10.3. The fraction of sp³-hybridized carbons (Fsp3) is 0.462. The molecule has 1 N–H and O–H groups in total. The Morgan fingerprint density at radius 1 is 1.53 bits per heavy atom. The Labute approximate surface area is 105 Å². The van der Waals surface area contributed by atoms with Crippen LogP contribution in [0.2, 0.25) is 5.02 Å². The molecule has 2 rings (SSSR count). The van der Waals surface area contributed by atoms with Gasteiger partial charge >= 0.3 is 0 Å². The van der Waals surface area contributed by atoms with Crippen LogP contribution in [0.4, 0.5) is 4.39 Å². The molecule has 0 spiro atoms. The lowest BCUT2D eigenvalue weighted by Crippen LogP contribution is -2.31. The molecule has 4 heteroatoms. The van der Waals surface area contributed by atoms with Crippen LogP contribution < -0.4 is 5.32 Å². The van der Waals surface area contributed by atoms with Crippen LogP contribution in [0.1, 0.15) is 29.6 Å². The lowest BCUT2D eigenvalue weighted by molar-refractivity contribution is 0.0953. The molecular formula is C13H15ClFNO. The van der Waals surface area contributed by atoms with Crippen molar-refractivity contribution in [1.82, 2.24) is 5.32 Å². The molecule has 1 heterocycles. The minimum Gasteiger partial charge on any atom is -0.316 e. The molecule has 1 aliphatic heterocycles. The Hall–Kier alpha value is -0.930. The van der Waals surface area contributed by atoms with E-state index in [0.717, 1.165) is 25.9 Å². The zero-order valence-electron chi connectivity index (χ0n) is 9.51. The first-order chi connectivity index (χ1) is 8.16. The molecule has 1 fully saturated rings. The Bertz CT molecular complexity index is 416. The molecule has 17 heavy (non-hydrogen) atoms. The number of hydrogen-bond donors (Lipinski definition) is 1. The van der Waals surface area contributed by atoms with E-state index in [9.17, 15) is 9.18 Å². The second-order valence-electron chi connectivity index (χ2n) is 4.47. The first kappa shape index (κ1) is 12.5. The van der Waals surface area contributed by atoms with Crippen LogP contribution in [0.25, 0.3) is 0 Å². The van der Waals surface area contributed by atoms with Crippen molar-refractivity contribution in [2.75, 3.05) is 13.1 Å². The summed E-state index contributed by atoms with van der Waals surface area (Å²) < 4.78 is 13.2. The van der Waals surface area contributed by atoms with Gasteiger partial charge in [0, 0.05) is 12.0 Å². The van der Waals surface area contributed by atoms with E-state index in [1.807, 2.05) is 0 Å². The van der Waals surface area contributed by atoms with Crippen molar-refractivity contribution in [3.8, 4) is 0 Å². The smallest absolute Gasteiger partial charge is 0.163 e. The van der Waals surface area contributed by atoms with E-state index in [-0.39, 0.29) is 10.8 Å². The van der Waals surface area contributed by atoms with E-state index in [2.05, 4.69) is 5.32 Å². The third-order valence-corrected chi connectivity index (χ3v) is 3.42. The molecule has 0 radical (unpaired) electrons. The Morgan fingerprint density at radius 3 is 3.00 bits per heavy atom. The summed E-state index contributed by atoms with van der Waals surface area (Å²) in [6, 6.07) is 4.24. The SMILES string of the molecule is O=C(CC1CCCNC1)c1ccc(Cl)c(F)c1. The maximum absolute atomic E-state index is 13.2. The van der Waals surface area contributed by atoms with Gasteiger partial charge in [-0.25, -0.2) is 4.39 Å². The molecule has 1 saturated heterocycles. The van der Waals surface area contributed by atoms with E-state index in [1.54, 1.807) is 6.07 Å². The van der Waals surface area contributed by atoms with Crippen molar-refractivity contribution in [1.29, 1.82) is 0 Å². The maximum atomic E-state index is 13.2. The van der Waals surface area contributed by atoms with Crippen LogP contribution in [-0.4, -0.2) is 18.9 Å². The van der Waals surface area contributed by atoms with Crippen molar-refractivity contribution in [2.24, 2.45) is 5.92 Å². The summed E-state index contributed by atoms with van der Waals surface area (Å²) in [7, 11) is 0. The number of carbonyl (C=O) groups is 1. The highest BCUT2D eigenvalue weighted by molar-refractivity contribution is 6.30. The number of hydrogen-bond acceptors (Lipinski definition) is 2. The third-order valence-electron chi connectivity index (χ3n) is 3.11. The van der Waals surface area contributed by atoms with Crippen molar-refractivity contribution < 1.29 is 9.18 Å². The fourth-order valence-corrected chi connectivity index (χ4v) is 2.27. The van der Waals surface area contributed by atoms with Gasteiger partial charge in [-0.2, -0.15) is 0 Å². The quantitative estimate of drug-likeness (QED) is 0.841. The molecule has 1 atom stereocenters. The Kier molecular flexibility index (Phi) is 4.13. The van der Waals surface area contributed by atoms with Gasteiger partial charge in [0.15, 0.2) is 5.78 Å². The summed E-state index contributed by atoms with van der Waals surface area (Å²) in [6.45, 7) is 1.90. The molecule has 2 nitrogen and oxygen atoms in total. The molecule has 0 amide bonds. The van der Waals surface area contributed by atoms with Gasteiger partial charge in [0.2, 0.25) is 0 Å². The Balaban J connectivity index is 2.01. The van der Waals surface area contributed by atoms with E-state index in [4.69, 9.17) is 11.6 Å². The third kappa shape index (κ3) is 3.27. The molecule has 0 aromatic heterocycles. The average Bonchev–Trinajstić information content (AvgIpc) is 2.34. The van der Waals surface area contributed by atoms with E-state index in [0.29, 0.717) is 17.9 Å². The van der Waals surface area contributed by atoms with Crippen molar-refractivity contribution >= 4 is 17.4 Å². The number of halogens is 2. The number of nitrogens with one attached hydrogen (secondary N) is 1. The van der Waals surface area contributed by atoms with Gasteiger partial charge in [-0.15, -0.1) is 0 Å². The van der Waals surface area contributed by atoms with Crippen molar-refractivity contribution in [3.05, 3.63) is 34.6 Å². The molecule has 0 aliphatic carbocycles. The standard InChI is InChI=1S/C13H15ClFNO/c14-11-4-3-10(7-12(11)15)13(17)6-9-2-1-5-16-8-9/h3-4,7,9,16H,1-2,5-6,8H2. The molecule has 0 bridgehead atoms. The fourth-order valence-electron chi connectivity index (χ4n) is 2.15. The van der Waals surface area contributed by atoms with Crippen LogP contribution in [0.15, 0.2) is 18.2 Å². The number of carbonyl (C=O) groups excluding carboxylic acids is 1. The number of benzene rings is 1. The average molecular weight is 256 g/mol. The van der Waals surface area contributed by atoms with Crippen LogP contribution in [0, 0.1) is 11.7 Å². The summed E-state index contributed by atoms with van der Waals surface area (Å²) in [5, 5.41) is 3.32. The largest absolute Gasteiger partial charge is 0.316 e. The first-order valence-corrected chi connectivity index (χ1v) is 6.23. The van der Waals surface area contributed by atoms with Gasteiger partial charge in [-0.1, -0.05) is 11.6 Å². The van der Waals surface area contributed by atoms with Crippen molar-refractivity contribution in [3.63, 3.8) is 0 Å². The monoisotopic (exact) mass is 255 g/mol. The molecule has 0 saturated carbocycles. The van der Waals surface area contributed by atoms with Gasteiger partial charge < -0.3 is 5.32 Å².